The van der Waals surface area contributed by atoms with Gasteiger partial charge < -0.3 is 4.90 Å². The fourth-order valence-electron chi connectivity index (χ4n) is 3.64. The number of carbonyl (C=O) groups excluding carboxylic acids is 1. The minimum atomic E-state index is -0.224. The Bertz CT molecular complexity index is 1110. The molecule has 1 aromatic heterocycles. The van der Waals surface area contributed by atoms with Gasteiger partial charge in [0.15, 0.2) is 0 Å². The van der Waals surface area contributed by atoms with Crippen LogP contribution < -0.4 is 5.69 Å². The molecule has 144 valence electrons. The van der Waals surface area contributed by atoms with Crippen molar-refractivity contribution in [2.45, 2.75) is 40.4 Å². The molecule has 0 radical (unpaired) electrons. The minimum Gasteiger partial charge on any atom is -0.330 e. The molecule has 1 aliphatic heterocycles. The first-order chi connectivity index (χ1) is 13.4. The van der Waals surface area contributed by atoms with E-state index in [1.807, 2.05) is 38.1 Å². The van der Waals surface area contributed by atoms with Crippen LogP contribution in [0.15, 0.2) is 47.3 Å². The van der Waals surface area contributed by atoms with E-state index >= 15 is 0 Å². The van der Waals surface area contributed by atoms with Gasteiger partial charge in [-0.1, -0.05) is 48.0 Å². The van der Waals surface area contributed by atoms with Crippen LogP contribution in [-0.4, -0.2) is 31.7 Å². The maximum Gasteiger partial charge on any atom is 0.346 e. The highest BCUT2D eigenvalue weighted by molar-refractivity contribution is 5.91. The molecule has 1 aliphatic rings. The van der Waals surface area contributed by atoms with Crippen LogP contribution in [0.1, 0.15) is 38.4 Å². The number of carbonyl (C=O) groups is 1. The molecule has 2 aromatic carbocycles. The third-order valence-electron chi connectivity index (χ3n) is 5.44. The molecule has 0 N–H and O–H groups in total. The van der Waals surface area contributed by atoms with E-state index in [4.69, 9.17) is 0 Å². The number of aryl methyl sites for hydroxylation is 3. The van der Waals surface area contributed by atoms with Gasteiger partial charge in [-0.25, -0.2) is 9.48 Å². The Labute approximate surface area is 164 Å². The lowest BCUT2D eigenvalue weighted by atomic mass is 10.0. The predicted octanol–water partition coefficient (Wildman–Crippen LogP) is 2.67. The van der Waals surface area contributed by atoms with Crippen molar-refractivity contribution in [1.82, 2.24) is 19.2 Å². The van der Waals surface area contributed by atoms with Crippen LogP contribution in [-0.2, 0) is 19.6 Å². The van der Waals surface area contributed by atoms with Gasteiger partial charge in [0.25, 0.3) is 5.91 Å². The molecule has 0 aliphatic carbocycles. The largest absolute Gasteiger partial charge is 0.346 e. The Balaban J connectivity index is 1.61. The van der Waals surface area contributed by atoms with Crippen molar-refractivity contribution >= 4 is 5.91 Å². The summed E-state index contributed by atoms with van der Waals surface area (Å²) in [5, 5.41) is 4.38. The molecule has 2 heterocycles. The van der Waals surface area contributed by atoms with E-state index in [0.29, 0.717) is 26.2 Å². The summed E-state index contributed by atoms with van der Waals surface area (Å²) in [5.41, 5.74) is 5.36. The van der Waals surface area contributed by atoms with Crippen LogP contribution in [0.4, 0.5) is 0 Å². The van der Waals surface area contributed by atoms with Gasteiger partial charge in [-0.2, -0.15) is 0 Å². The summed E-state index contributed by atoms with van der Waals surface area (Å²) in [5.74, 6) is 0.0444. The maximum absolute atomic E-state index is 13.0. The molecule has 0 spiro atoms. The molecule has 0 fully saturated rings. The van der Waals surface area contributed by atoms with Crippen molar-refractivity contribution in [3.05, 3.63) is 86.6 Å². The van der Waals surface area contributed by atoms with Gasteiger partial charge in [0.05, 0.1) is 6.54 Å². The molecule has 6 heteroatoms. The molecule has 0 bridgehead atoms. The number of rotatable bonds is 4. The second-order valence-corrected chi connectivity index (χ2v) is 7.50. The molecule has 0 atom stereocenters. The lowest BCUT2D eigenvalue weighted by Crippen LogP contribution is -2.42. The molecule has 0 saturated heterocycles. The summed E-state index contributed by atoms with van der Waals surface area (Å²) >= 11 is 0. The number of hydrogen-bond acceptors (Lipinski definition) is 3. The molecule has 0 saturated carbocycles. The first-order valence-electron chi connectivity index (χ1n) is 9.51. The van der Waals surface area contributed by atoms with Gasteiger partial charge in [0.1, 0.15) is 0 Å². The summed E-state index contributed by atoms with van der Waals surface area (Å²) in [6.07, 6.45) is 0. The fourth-order valence-corrected chi connectivity index (χ4v) is 3.64. The second-order valence-electron chi connectivity index (χ2n) is 7.50. The third-order valence-corrected chi connectivity index (χ3v) is 5.44. The highest BCUT2D eigenvalue weighted by atomic mass is 16.2. The Kier molecular flexibility index (Phi) is 4.63. The molecule has 28 heavy (non-hydrogen) atoms. The van der Waals surface area contributed by atoms with E-state index in [2.05, 4.69) is 30.2 Å². The molecule has 1 amide bonds. The molecule has 3 aromatic rings. The zero-order valence-corrected chi connectivity index (χ0v) is 16.5. The number of nitrogens with zero attached hydrogens (tertiary/aromatic N) is 4. The normalized spacial score (nSPS) is 13.7. The van der Waals surface area contributed by atoms with E-state index in [9.17, 15) is 9.59 Å². The highest BCUT2D eigenvalue weighted by Crippen LogP contribution is 2.17. The second kappa shape index (κ2) is 7.11. The summed E-state index contributed by atoms with van der Waals surface area (Å²) in [6.45, 7) is 7.99. The maximum atomic E-state index is 13.0. The van der Waals surface area contributed by atoms with Crippen molar-refractivity contribution < 1.29 is 4.79 Å². The lowest BCUT2D eigenvalue weighted by Gasteiger charge is -2.27. The van der Waals surface area contributed by atoms with Gasteiger partial charge >= 0.3 is 5.69 Å². The van der Waals surface area contributed by atoms with Crippen LogP contribution in [0, 0.1) is 20.8 Å². The first kappa shape index (κ1) is 18.2. The smallest absolute Gasteiger partial charge is 0.330 e. The van der Waals surface area contributed by atoms with Crippen molar-refractivity contribution in [3.63, 3.8) is 0 Å². The van der Waals surface area contributed by atoms with Crippen LogP contribution in [0.2, 0.25) is 0 Å². The molecule has 4 rings (SSSR count). The molecular formula is C22H24N4O2. The van der Waals surface area contributed by atoms with E-state index in [-0.39, 0.29) is 17.4 Å². The Morgan fingerprint density at radius 1 is 0.893 bits per heavy atom. The van der Waals surface area contributed by atoms with E-state index in [1.54, 1.807) is 4.90 Å². The van der Waals surface area contributed by atoms with Crippen LogP contribution in [0.5, 0.6) is 0 Å². The van der Waals surface area contributed by atoms with Crippen molar-refractivity contribution in [2.75, 3.05) is 6.54 Å². The molecule has 0 unspecified atom stereocenters. The molecular weight excluding hydrogens is 352 g/mol. The van der Waals surface area contributed by atoms with Crippen LogP contribution in [0.3, 0.4) is 0 Å². The van der Waals surface area contributed by atoms with E-state index < -0.39 is 0 Å². The van der Waals surface area contributed by atoms with Gasteiger partial charge in [-0.15, -0.1) is 5.10 Å². The summed E-state index contributed by atoms with van der Waals surface area (Å²) in [7, 11) is 0. The zero-order valence-electron chi connectivity index (χ0n) is 16.5. The quantitative estimate of drug-likeness (QED) is 0.703. The topological polar surface area (TPSA) is 60.1 Å². The average Bonchev–Trinajstić information content (AvgIpc) is 2.99. The number of aromatic nitrogens is 3. The van der Waals surface area contributed by atoms with Gasteiger partial charge in [-0.3, -0.25) is 9.36 Å². The van der Waals surface area contributed by atoms with Gasteiger partial charge in [0, 0.05) is 19.6 Å². The number of hydrogen-bond donors (Lipinski definition) is 0. The Morgan fingerprint density at radius 3 is 2.43 bits per heavy atom. The SMILES string of the molecule is Cc1ccc(C)c(CN2CCn3c(nn(Cc4ccccc4C)c3=O)C2=O)c1. The van der Waals surface area contributed by atoms with Gasteiger partial charge in [0.2, 0.25) is 5.82 Å². The van der Waals surface area contributed by atoms with Crippen molar-refractivity contribution in [3.8, 4) is 0 Å². The fraction of sp³-hybridized carbons (Fsp3) is 0.318. The zero-order chi connectivity index (χ0) is 19.8. The first-order valence-corrected chi connectivity index (χ1v) is 9.51. The number of fused-ring (bicyclic) bond motifs is 1. The number of benzene rings is 2. The summed E-state index contributed by atoms with van der Waals surface area (Å²) in [4.78, 5) is 27.5. The van der Waals surface area contributed by atoms with Crippen LogP contribution >= 0.6 is 0 Å². The van der Waals surface area contributed by atoms with Crippen molar-refractivity contribution in [2.24, 2.45) is 0 Å². The van der Waals surface area contributed by atoms with E-state index in [1.165, 1.54) is 14.8 Å². The minimum absolute atomic E-state index is 0.187. The average molecular weight is 376 g/mol. The van der Waals surface area contributed by atoms with Crippen molar-refractivity contribution in [1.29, 1.82) is 0 Å². The van der Waals surface area contributed by atoms with E-state index in [0.717, 1.165) is 22.3 Å². The predicted molar refractivity (Wildman–Crippen MR) is 107 cm³/mol. The summed E-state index contributed by atoms with van der Waals surface area (Å²) in [6, 6.07) is 14.2. The summed E-state index contributed by atoms with van der Waals surface area (Å²) < 4.78 is 2.90. The Morgan fingerprint density at radius 2 is 1.64 bits per heavy atom. The Hall–Kier alpha value is -3.15. The highest BCUT2D eigenvalue weighted by Gasteiger charge is 2.29. The number of amides is 1. The van der Waals surface area contributed by atoms with Gasteiger partial charge in [-0.05, 0) is 43.0 Å². The lowest BCUT2D eigenvalue weighted by molar-refractivity contribution is 0.0681. The third kappa shape index (κ3) is 3.26. The molecule has 6 nitrogen and oxygen atoms in total. The standard InChI is InChI=1S/C22H24N4O2/c1-15-8-9-17(3)19(12-15)13-24-10-11-25-20(21(24)27)23-26(22(25)28)14-18-7-5-4-6-16(18)2/h4-9,12H,10-11,13-14H2,1-3H3. The van der Waals surface area contributed by atoms with Crippen LogP contribution in [0.25, 0.3) is 0 Å². The monoisotopic (exact) mass is 376 g/mol.